The highest BCUT2D eigenvalue weighted by molar-refractivity contribution is 4.91. The quantitative estimate of drug-likeness (QED) is 0.785. The van der Waals surface area contributed by atoms with E-state index in [1.54, 1.807) is 0 Å². The lowest BCUT2D eigenvalue weighted by Gasteiger charge is -2.40. The van der Waals surface area contributed by atoms with Crippen LogP contribution in [0.1, 0.15) is 65.7 Å². The molecule has 1 heterocycles. The number of hydrogen-bond acceptors (Lipinski definition) is 2. The van der Waals surface area contributed by atoms with E-state index in [-0.39, 0.29) is 0 Å². The second-order valence-electron chi connectivity index (χ2n) is 6.74. The molecule has 2 nitrogen and oxygen atoms in total. The van der Waals surface area contributed by atoms with Gasteiger partial charge in [0.2, 0.25) is 0 Å². The van der Waals surface area contributed by atoms with Gasteiger partial charge in [-0.2, -0.15) is 0 Å². The van der Waals surface area contributed by atoms with Crippen LogP contribution in [0.4, 0.5) is 0 Å². The third-order valence-corrected chi connectivity index (χ3v) is 5.32. The normalized spacial score (nSPS) is 37.4. The Labute approximate surface area is 119 Å². The SMILES string of the molecule is CCCNC(C1COC(C)C1)C1CCCCC1CC. The Kier molecular flexibility index (Phi) is 6.15. The fourth-order valence-corrected chi connectivity index (χ4v) is 4.30. The molecule has 112 valence electrons. The predicted octanol–water partition coefficient (Wildman–Crippen LogP) is 4.00. The van der Waals surface area contributed by atoms with E-state index in [0.29, 0.717) is 12.1 Å². The van der Waals surface area contributed by atoms with Crippen molar-refractivity contribution >= 4 is 0 Å². The van der Waals surface area contributed by atoms with Crippen LogP contribution in [0.5, 0.6) is 0 Å². The van der Waals surface area contributed by atoms with E-state index in [1.807, 2.05) is 0 Å². The van der Waals surface area contributed by atoms with Gasteiger partial charge in [0.05, 0.1) is 12.7 Å². The molecule has 0 spiro atoms. The van der Waals surface area contributed by atoms with Crippen molar-refractivity contribution in [1.29, 1.82) is 0 Å². The molecule has 0 aromatic rings. The maximum Gasteiger partial charge on any atom is 0.0551 e. The minimum atomic E-state index is 0.472. The van der Waals surface area contributed by atoms with E-state index in [9.17, 15) is 0 Å². The van der Waals surface area contributed by atoms with Gasteiger partial charge in [-0.3, -0.25) is 0 Å². The Morgan fingerprint density at radius 1 is 1.21 bits per heavy atom. The van der Waals surface area contributed by atoms with Crippen molar-refractivity contribution < 1.29 is 4.74 Å². The highest BCUT2D eigenvalue weighted by atomic mass is 16.5. The minimum Gasteiger partial charge on any atom is -0.378 e. The van der Waals surface area contributed by atoms with E-state index in [2.05, 4.69) is 26.1 Å². The summed E-state index contributed by atoms with van der Waals surface area (Å²) in [6.45, 7) is 9.04. The first kappa shape index (κ1) is 15.3. The zero-order valence-corrected chi connectivity index (χ0v) is 13.2. The van der Waals surface area contributed by atoms with Gasteiger partial charge in [-0.25, -0.2) is 0 Å². The van der Waals surface area contributed by atoms with Crippen LogP contribution in [0.25, 0.3) is 0 Å². The van der Waals surface area contributed by atoms with E-state index >= 15 is 0 Å². The molecule has 0 aromatic heterocycles. The molecule has 1 saturated heterocycles. The number of hydrogen-bond donors (Lipinski definition) is 1. The first-order chi connectivity index (χ1) is 9.26. The molecule has 2 aliphatic rings. The van der Waals surface area contributed by atoms with Gasteiger partial charge in [-0.05, 0) is 44.6 Å². The molecule has 5 unspecified atom stereocenters. The maximum absolute atomic E-state index is 5.85. The molecule has 1 saturated carbocycles. The lowest BCUT2D eigenvalue weighted by molar-refractivity contribution is 0.0995. The van der Waals surface area contributed by atoms with Crippen LogP contribution in [0.3, 0.4) is 0 Å². The van der Waals surface area contributed by atoms with Crippen molar-refractivity contribution in [3.05, 3.63) is 0 Å². The van der Waals surface area contributed by atoms with Crippen LogP contribution in [0, 0.1) is 17.8 Å². The molecule has 1 aliphatic heterocycles. The lowest BCUT2D eigenvalue weighted by atomic mass is 9.70. The zero-order chi connectivity index (χ0) is 13.7. The fourth-order valence-electron chi connectivity index (χ4n) is 4.30. The lowest BCUT2D eigenvalue weighted by Crippen LogP contribution is -2.46. The molecule has 1 aliphatic carbocycles. The average molecular weight is 267 g/mol. The first-order valence-corrected chi connectivity index (χ1v) is 8.61. The van der Waals surface area contributed by atoms with Crippen LogP contribution < -0.4 is 5.32 Å². The van der Waals surface area contributed by atoms with Crippen LogP contribution in [-0.4, -0.2) is 25.3 Å². The molecular weight excluding hydrogens is 234 g/mol. The fraction of sp³-hybridized carbons (Fsp3) is 1.00. The van der Waals surface area contributed by atoms with E-state index in [4.69, 9.17) is 4.74 Å². The topological polar surface area (TPSA) is 21.3 Å². The summed E-state index contributed by atoms with van der Waals surface area (Å²) in [4.78, 5) is 0. The molecule has 0 amide bonds. The van der Waals surface area contributed by atoms with Crippen LogP contribution in [-0.2, 0) is 4.74 Å². The summed E-state index contributed by atoms with van der Waals surface area (Å²) >= 11 is 0. The summed E-state index contributed by atoms with van der Waals surface area (Å²) in [5.41, 5.74) is 0. The summed E-state index contributed by atoms with van der Waals surface area (Å²) in [5, 5.41) is 3.89. The maximum atomic E-state index is 5.85. The molecular formula is C17H33NO. The number of nitrogens with one attached hydrogen (secondary N) is 1. The second kappa shape index (κ2) is 7.64. The Bertz CT molecular complexity index is 256. The van der Waals surface area contributed by atoms with Crippen molar-refractivity contribution in [2.45, 2.75) is 77.9 Å². The van der Waals surface area contributed by atoms with Crippen LogP contribution in [0.15, 0.2) is 0 Å². The Hall–Kier alpha value is -0.0800. The zero-order valence-electron chi connectivity index (χ0n) is 13.2. The second-order valence-corrected chi connectivity index (χ2v) is 6.74. The van der Waals surface area contributed by atoms with Gasteiger partial charge >= 0.3 is 0 Å². The van der Waals surface area contributed by atoms with E-state index in [1.165, 1.54) is 51.5 Å². The number of ether oxygens (including phenoxy) is 1. The molecule has 2 rings (SSSR count). The summed E-state index contributed by atoms with van der Waals surface area (Å²) in [5.74, 6) is 2.59. The highest BCUT2D eigenvalue weighted by Gasteiger charge is 2.38. The molecule has 2 heteroatoms. The Morgan fingerprint density at radius 3 is 2.63 bits per heavy atom. The summed E-state index contributed by atoms with van der Waals surface area (Å²) in [6.07, 6.45) is 10.1. The third kappa shape index (κ3) is 3.95. The summed E-state index contributed by atoms with van der Waals surface area (Å²) < 4.78 is 5.85. The number of rotatable bonds is 6. The minimum absolute atomic E-state index is 0.472. The monoisotopic (exact) mass is 267 g/mol. The molecule has 0 bridgehead atoms. The molecule has 0 aromatic carbocycles. The van der Waals surface area contributed by atoms with Crippen molar-refractivity contribution in [3.63, 3.8) is 0 Å². The summed E-state index contributed by atoms with van der Waals surface area (Å²) in [6, 6.07) is 0.704. The van der Waals surface area contributed by atoms with Crippen LogP contribution >= 0.6 is 0 Å². The van der Waals surface area contributed by atoms with Crippen LogP contribution in [0.2, 0.25) is 0 Å². The van der Waals surface area contributed by atoms with E-state index in [0.717, 1.165) is 24.4 Å². The van der Waals surface area contributed by atoms with Gasteiger partial charge < -0.3 is 10.1 Å². The highest BCUT2D eigenvalue weighted by Crippen LogP contribution is 2.39. The van der Waals surface area contributed by atoms with Crippen molar-refractivity contribution in [2.24, 2.45) is 17.8 Å². The van der Waals surface area contributed by atoms with Gasteiger partial charge in [-0.1, -0.05) is 39.5 Å². The molecule has 1 N–H and O–H groups in total. The van der Waals surface area contributed by atoms with Gasteiger partial charge in [0.25, 0.3) is 0 Å². The predicted molar refractivity (Wildman–Crippen MR) is 81.3 cm³/mol. The molecule has 5 atom stereocenters. The first-order valence-electron chi connectivity index (χ1n) is 8.61. The Balaban J connectivity index is 2.02. The van der Waals surface area contributed by atoms with Crippen molar-refractivity contribution in [3.8, 4) is 0 Å². The van der Waals surface area contributed by atoms with Gasteiger partial charge in [0.15, 0.2) is 0 Å². The van der Waals surface area contributed by atoms with Gasteiger partial charge in [0, 0.05) is 12.0 Å². The molecule has 0 radical (unpaired) electrons. The third-order valence-electron chi connectivity index (χ3n) is 5.32. The van der Waals surface area contributed by atoms with Gasteiger partial charge in [0.1, 0.15) is 0 Å². The van der Waals surface area contributed by atoms with Crippen molar-refractivity contribution in [2.75, 3.05) is 13.2 Å². The molecule has 19 heavy (non-hydrogen) atoms. The largest absolute Gasteiger partial charge is 0.378 e. The van der Waals surface area contributed by atoms with Gasteiger partial charge in [-0.15, -0.1) is 0 Å². The summed E-state index contributed by atoms with van der Waals surface area (Å²) in [7, 11) is 0. The van der Waals surface area contributed by atoms with E-state index < -0.39 is 0 Å². The standard InChI is InChI=1S/C17H33NO/c1-4-10-18-17(15-11-13(3)19-12-15)16-9-7-6-8-14(16)5-2/h13-18H,4-12H2,1-3H3. The smallest absolute Gasteiger partial charge is 0.0551 e. The molecule has 2 fully saturated rings. The average Bonchev–Trinajstić information content (AvgIpc) is 2.86. The Morgan fingerprint density at radius 2 is 2.00 bits per heavy atom. The van der Waals surface area contributed by atoms with Crippen molar-refractivity contribution in [1.82, 2.24) is 5.32 Å².